The van der Waals surface area contributed by atoms with E-state index in [1.54, 1.807) is 0 Å². The minimum absolute atomic E-state index is 0.205. The second-order valence-electron chi connectivity index (χ2n) is 5.89. The average molecular weight is 320 g/mol. The Bertz CT molecular complexity index is 352. The third-order valence-electron chi connectivity index (χ3n) is 2.81. The van der Waals surface area contributed by atoms with E-state index < -0.39 is 5.60 Å². The van der Waals surface area contributed by atoms with Crippen LogP contribution >= 0.6 is 11.6 Å². The Morgan fingerprint density at radius 1 is 1.48 bits per heavy atom. The lowest BCUT2D eigenvalue weighted by Crippen LogP contribution is -2.40. The third-order valence-corrected chi connectivity index (χ3v) is 3.19. The van der Waals surface area contributed by atoms with E-state index in [9.17, 15) is 4.79 Å². The fraction of sp³-hybridized carbons (Fsp3) is 0.733. The van der Waals surface area contributed by atoms with Gasteiger partial charge in [0.1, 0.15) is 5.60 Å². The summed E-state index contributed by atoms with van der Waals surface area (Å²) in [6.07, 6.45) is 2.60. The Morgan fingerprint density at radius 2 is 2.05 bits per heavy atom. The van der Waals surface area contributed by atoms with Crippen molar-refractivity contribution in [3.05, 3.63) is 12.2 Å². The number of carbonyl (C=O) groups excluding carboxylic acids is 2. The van der Waals surface area contributed by atoms with Gasteiger partial charge in [0, 0.05) is 18.5 Å². The number of likely N-dealkylation sites (tertiary alicyclic amines) is 1. The van der Waals surface area contributed by atoms with Crippen LogP contribution in [0.15, 0.2) is 12.2 Å². The molecule has 6 heteroatoms. The molecule has 0 radical (unpaired) electrons. The van der Waals surface area contributed by atoms with E-state index in [4.69, 9.17) is 21.1 Å². The van der Waals surface area contributed by atoms with Gasteiger partial charge in [-0.05, 0) is 40.0 Å². The van der Waals surface area contributed by atoms with Gasteiger partial charge in [-0.2, -0.15) is 0 Å². The van der Waals surface area contributed by atoms with Crippen LogP contribution in [0.4, 0.5) is 4.79 Å². The Morgan fingerprint density at radius 3 is 2.48 bits per heavy atom. The second-order valence-corrected chi connectivity index (χ2v) is 6.16. The lowest BCUT2D eigenvalue weighted by atomic mass is 10.1. The molecule has 5 nitrogen and oxygen atoms in total. The summed E-state index contributed by atoms with van der Waals surface area (Å²) in [6.45, 7) is 10.7. The maximum atomic E-state index is 12.0. The van der Waals surface area contributed by atoms with Gasteiger partial charge in [-0.25, -0.2) is 4.79 Å². The molecule has 21 heavy (non-hydrogen) atoms. The number of alkyl halides is 1. The van der Waals surface area contributed by atoms with Gasteiger partial charge < -0.3 is 14.4 Å². The average Bonchev–Trinajstić information content (AvgIpc) is 2.85. The summed E-state index contributed by atoms with van der Waals surface area (Å²) in [7, 11) is 1.31. The van der Waals surface area contributed by atoms with Crippen LogP contribution in [0, 0.1) is 0 Å². The number of carbonyl (C=O) groups is 2. The Labute approximate surface area is 132 Å². The largest absolute Gasteiger partial charge is 0.471 e. The second kappa shape index (κ2) is 9.66. The van der Waals surface area contributed by atoms with Crippen molar-refractivity contribution in [2.45, 2.75) is 51.7 Å². The van der Waals surface area contributed by atoms with E-state index in [1.807, 2.05) is 25.7 Å². The van der Waals surface area contributed by atoms with Crippen LogP contribution in [0.5, 0.6) is 0 Å². The molecule has 0 spiro atoms. The number of halogens is 1. The summed E-state index contributed by atoms with van der Waals surface area (Å²) in [5.41, 5.74) is 0.542. The maximum Gasteiger partial charge on any atom is 0.410 e. The number of hydrogen-bond acceptors (Lipinski definition) is 4. The predicted molar refractivity (Wildman–Crippen MR) is 83.5 cm³/mol. The summed E-state index contributed by atoms with van der Waals surface area (Å²) in [5.74, 6) is 0.457. The predicted octanol–water partition coefficient (Wildman–Crippen LogP) is 3.36. The van der Waals surface area contributed by atoms with E-state index in [0.29, 0.717) is 12.4 Å². The van der Waals surface area contributed by atoms with Gasteiger partial charge in [-0.15, -0.1) is 11.6 Å². The number of nitrogens with zero attached hydrogens (tertiary/aromatic N) is 1. The van der Waals surface area contributed by atoms with Crippen LogP contribution < -0.4 is 0 Å². The van der Waals surface area contributed by atoms with Crippen LogP contribution in [0.1, 0.15) is 40.0 Å². The molecule has 1 fully saturated rings. The summed E-state index contributed by atoms with van der Waals surface area (Å²) in [4.78, 5) is 22.7. The third kappa shape index (κ3) is 8.60. The zero-order chi connectivity index (χ0) is 16.5. The van der Waals surface area contributed by atoms with E-state index in [1.165, 1.54) is 7.11 Å². The highest BCUT2D eigenvalue weighted by Gasteiger charge is 2.32. The molecule has 1 aliphatic rings. The molecule has 0 aromatic rings. The standard InChI is InChI=1S/C13H22ClNO2.C2H4O2/c1-10(9-14)8-11-6-5-7-15(11)12(16)17-13(2,3)4;1-4-2-3/h11H,1,5-9H2,2-4H3;2H,1H3. The number of ether oxygens (including phenoxy) is 2. The molecular weight excluding hydrogens is 294 g/mol. The SMILES string of the molecule is C=C(CCl)CC1CCCN1C(=O)OC(C)(C)C.COC=O. The van der Waals surface area contributed by atoms with Crippen molar-refractivity contribution in [3.8, 4) is 0 Å². The minimum Gasteiger partial charge on any atom is -0.471 e. The molecule has 1 unspecified atom stereocenters. The molecule has 0 aliphatic carbocycles. The maximum absolute atomic E-state index is 12.0. The van der Waals surface area contributed by atoms with Crippen molar-refractivity contribution >= 4 is 24.2 Å². The quantitative estimate of drug-likeness (QED) is 0.453. The van der Waals surface area contributed by atoms with Crippen molar-refractivity contribution in [3.63, 3.8) is 0 Å². The van der Waals surface area contributed by atoms with Gasteiger partial charge in [0.05, 0.1) is 7.11 Å². The Balaban J connectivity index is 0.000000885. The first-order valence-electron chi connectivity index (χ1n) is 6.93. The first-order valence-corrected chi connectivity index (χ1v) is 7.47. The molecule has 0 bridgehead atoms. The number of rotatable bonds is 4. The molecule has 0 aromatic carbocycles. The lowest BCUT2D eigenvalue weighted by Gasteiger charge is -2.28. The molecule has 1 amide bonds. The van der Waals surface area contributed by atoms with Crippen LogP contribution in [-0.4, -0.2) is 48.6 Å². The summed E-state index contributed by atoms with van der Waals surface area (Å²) in [6, 6.07) is 0.205. The Hall–Kier alpha value is -1.23. The topological polar surface area (TPSA) is 55.8 Å². The molecule has 1 rings (SSSR count). The fourth-order valence-electron chi connectivity index (χ4n) is 2.00. The molecule has 1 heterocycles. The summed E-state index contributed by atoms with van der Waals surface area (Å²) < 4.78 is 9.25. The van der Waals surface area contributed by atoms with E-state index in [0.717, 1.165) is 31.4 Å². The lowest BCUT2D eigenvalue weighted by molar-refractivity contribution is -0.126. The number of amides is 1. The minimum atomic E-state index is -0.437. The van der Waals surface area contributed by atoms with Crippen molar-refractivity contribution in [2.24, 2.45) is 0 Å². The van der Waals surface area contributed by atoms with Crippen molar-refractivity contribution in [2.75, 3.05) is 19.5 Å². The molecule has 122 valence electrons. The summed E-state index contributed by atoms with van der Waals surface area (Å²) >= 11 is 5.73. The van der Waals surface area contributed by atoms with Crippen LogP contribution in [-0.2, 0) is 14.3 Å². The highest BCUT2D eigenvalue weighted by Crippen LogP contribution is 2.25. The van der Waals surface area contributed by atoms with E-state index >= 15 is 0 Å². The van der Waals surface area contributed by atoms with Crippen molar-refractivity contribution < 1.29 is 19.1 Å². The van der Waals surface area contributed by atoms with Crippen molar-refractivity contribution in [1.29, 1.82) is 0 Å². The number of hydrogen-bond donors (Lipinski definition) is 0. The zero-order valence-corrected chi connectivity index (χ0v) is 14.1. The number of methoxy groups -OCH3 is 1. The summed E-state index contributed by atoms with van der Waals surface area (Å²) in [5, 5.41) is 0. The highest BCUT2D eigenvalue weighted by atomic mass is 35.5. The Kier molecular flexibility index (Phi) is 9.09. The molecule has 0 saturated carbocycles. The van der Waals surface area contributed by atoms with Gasteiger partial charge in [-0.1, -0.05) is 12.2 Å². The highest BCUT2D eigenvalue weighted by molar-refractivity contribution is 6.19. The zero-order valence-electron chi connectivity index (χ0n) is 13.4. The van der Waals surface area contributed by atoms with E-state index in [-0.39, 0.29) is 12.1 Å². The van der Waals surface area contributed by atoms with E-state index in [2.05, 4.69) is 11.3 Å². The van der Waals surface area contributed by atoms with Crippen LogP contribution in [0.25, 0.3) is 0 Å². The molecule has 1 saturated heterocycles. The molecule has 0 N–H and O–H groups in total. The molecular formula is C15H26ClNO4. The van der Waals surface area contributed by atoms with Gasteiger partial charge in [-0.3, -0.25) is 4.79 Å². The fourth-order valence-corrected chi connectivity index (χ4v) is 2.11. The molecule has 1 aliphatic heterocycles. The monoisotopic (exact) mass is 319 g/mol. The van der Waals surface area contributed by atoms with Gasteiger partial charge in [0.15, 0.2) is 0 Å². The van der Waals surface area contributed by atoms with Crippen LogP contribution in [0.2, 0.25) is 0 Å². The molecule has 0 aromatic heterocycles. The van der Waals surface area contributed by atoms with Crippen molar-refractivity contribution in [1.82, 2.24) is 4.90 Å². The van der Waals surface area contributed by atoms with Gasteiger partial charge in [0.2, 0.25) is 0 Å². The first kappa shape index (κ1) is 19.8. The molecule has 1 atom stereocenters. The van der Waals surface area contributed by atoms with Crippen LogP contribution in [0.3, 0.4) is 0 Å². The normalized spacial score (nSPS) is 17.6. The first-order chi connectivity index (χ1) is 9.75. The van der Waals surface area contributed by atoms with Gasteiger partial charge >= 0.3 is 6.09 Å². The smallest absolute Gasteiger partial charge is 0.410 e. The van der Waals surface area contributed by atoms with Gasteiger partial charge in [0.25, 0.3) is 6.47 Å².